The lowest BCUT2D eigenvalue weighted by Gasteiger charge is -2.28. The first-order valence-corrected chi connectivity index (χ1v) is 4.43. The van der Waals surface area contributed by atoms with Gasteiger partial charge in [0.25, 0.3) is 0 Å². The summed E-state index contributed by atoms with van der Waals surface area (Å²) in [7, 11) is 0. The molecule has 1 aliphatic carbocycles. The first-order valence-electron chi connectivity index (χ1n) is 4.43. The molecule has 0 aromatic heterocycles. The highest BCUT2D eigenvalue weighted by molar-refractivity contribution is 6.22. The maximum atomic E-state index is 11.5. The molecule has 0 saturated heterocycles. The van der Waals surface area contributed by atoms with E-state index in [0.29, 0.717) is 18.4 Å². The van der Waals surface area contributed by atoms with Crippen LogP contribution in [0.1, 0.15) is 26.7 Å². The van der Waals surface area contributed by atoms with Crippen LogP contribution in [-0.4, -0.2) is 18.1 Å². The minimum absolute atomic E-state index is 0.0632. The van der Waals surface area contributed by atoms with Gasteiger partial charge in [-0.25, -0.2) is 0 Å². The SMILES string of the molecule is CC1(C)CC(=O)C(=CCN)C(=O)C1. The lowest BCUT2D eigenvalue weighted by molar-refractivity contribution is -0.127. The van der Waals surface area contributed by atoms with Crippen LogP contribution in [0.4, 0.5) is 0 Å². The normalized spacial score (nSPS) is 21.9. The van der Waals surface area contributed by atoms with Gasteiger partial charge in [-0.15, -0.1) is 0 Å². The van der Waals surface area contributed by atoms with Gasteiger partial charge >= 0.3 is 0 Å². The van der Waals surface area contributed by atoms with Crippen molar-refractivity contribution in [2.75, 3.05) is 6.54 Å². The number of nitrogens with two attached hydrogens (primary N) is 1. The number of ketones is 2. The highest BCUT2D eigenvalue weighted by Crippen LogP contribution is 2.33. The summed E-state index contributed by atoms with van der Waals surface area (Å²) in [5.74, 6) is -0.126. The summed E-state index contributed by atoms with van der Waals surface area (Å²) in [5, 5.41) is 0. The predicted octanol–water partition coefficient (Wildman–Crippen LogP) is 0.830. The van der Waals surface area contributed by atoms with Gasteiger partial charge in [0.2, 0.25) is 0 Å². The molecule has 0 aromatic carbocycles. The highest BCUT2D eigenvalue weighted by Gasteiger charge is 2.34. The van der Waals surface area contributed by atoms with Gasteiger partial charge in [-0.05, 0) is 5.41 Å². The summed E-state index contributed by atoms with van der Waals surface area (Å²) in [6, 6.07) is 0. The Balaban J connectivity index is 2.89. The van der Waals surface area contributed by atoms with E-state index in [-0.39, 0.29) is 23.5 Å². The third-order valence-electron chi connectivity index (χ3n) is 2.20. The van der Waals surface area contributed by atoms with Crippen molar-refractivity contribution < 1.29 is 9.59 Å². The quantitative estimate of drug-likeness (QED) is 0.481. The number of rotatable bonds is 1. The van der Waals surface area contributed by atoms with Gasteiger partial charge in [-0.3, -0.25) is 9.59 Å². The monoisotopic (exact) mass is 181 g/mol. The van der Waals surface area contributed by atoms with Crippen molar-refractivity contribution >= 4 is 11.6 Å². The number of allylic oxidation sites excluding steroid dienone is 1. The van der Waals surface area contributed by atoms with E-state index in [0.717, 1.165) is 0 Å². The number of carbonyl (C=O) groups is 2. The van der Waals surface area contributed by atoms with Crippen molar-refractivity contribution in [3.05, 3.63) is 11.6 Å². The van der Waals surface area contributed by atoms with E-state index >= 15 is 0 Å². The fraction of sp³-hybridized carbons (Fsp3) is 0.600. The van der Waals surface area contributed by atoms with E-state index in [2.05, 4.69) is 0 Å². The summed E-state index contributed by atoms with van der Waals surface area (Å²) < 4.78 is 0. The summed E-state index contributed by atoms with van der Waals surface area (Å²) in [6.07, 6.45) is 2.43. The molecule has 0 radical (unpaired) electrons. The molecule has 1 rings (SSSR count). The van der Waals surface area contributed by atoms with E-state index in [1.807, 2.05) is 13.8 Å². The minimum Gasteiger partial charge on any atom is -0.327 e. The molecule has 0 aliphatic heterocycles. The second kappa shape index (κ2) is 3.42. The van der Waals surface area contributed by atoms with Crippen LogP contribution >= 0.6 is 0 Å². The van der Waals surface area contributed by atoms with Crippen LogP contribution in [0, 0.1) is 5.41 Å². The van der Waals surface area contributed by atoms with Crippen LogP contribution in [0.3, 0.4) is 0 Å². The van der Waals surface area contributed by atoms with Crippen LogP contribution in [0.2, 0.25) is 0 Å². The van der Waals surface area contributed by atoms with E-state index in [4.69, 9.17) is 5.73 Å². The predicted molar refractivity (Wildman–Crippen MR) is 50.2 cm³/mol. The molecule has 1 saturated carbocycles. The summed E-state index contributed by atoms with van der Waals surface area (Å²) in [4.78, 5) is 22.9. The molecule has 13 heavy (non-hydrogen) atoms. The Morgan fingerprint density at radius 1 is 1.31 bits per heavy atom. The van der Waals surface area contributed by atoms with Gasteiger partial charge in [0.1, 0.15) is 0 Å². The van der Waals surface area contributed by atoms with E-state index < -0.39 is 0 Å². The van der Waals surface area contributed by atoms with Crippen LogP contribution in [0.5, 0.6) is 0 Å². The van der Waals surface area contributed by atoms with Crippen molar-refractivity contribution in [3.63, 3.8) is 0 Å². The molecule has 3 heteroatoms. The summed E-state index contributed by atoms with van der Waals surface area (Å²) >= 11 is 0. The average molecular weight is 181 g/mol. The number of Topliss-reactive ketones (excluding diaryl/α,β-unsaturated/α-hetero) is 2. The standard InChI is InChI=1S/C10H15NO2/c1-10(2)5-8(12)7(3-4-11)9(13)6-10/h3H,4-6,11H2,1-2H3. The summed E-state index contributed by atoms with van der Waals surface area (Å²) in [5.41, 5.74) is 5.40. The van der Waals surface area contributed by atoms with Crippen molar-refractivity contribution in [3.8, 4) is 0 Å². The molecular formula is C10H15NO2. The smallest absolute Gasteiger partial charge is 0.166 e. The fourth-order valence-electron chi connectivity index (χ4n) is 1.62. The Hall–Kier alpha value is -0.960. The van der Waals surface area contributed by atoms with Crippen LogP contribution < -0.4 is 5.73 Å². The van der Waals surface area contributed by atoms with Gasteiger partial charge in [0.05, 0.1) is 5.57 Å². The van der Waals surface area contributed by atoms with Crippen molar-refractivity contribution in [2.45, 2.75) is 26.7 Å². The Bertz CT molecular complexity index is 255. The van der Waals surface area contributed by atoms with Crippen LogP contribution in [0.25, 0.3) is 0 Å². The van der Waals surface area contributed by atoms with E-state index in [1.54, 1.807) is 0 Å². The average Bonchev–Trinajstić information content (AvgIpc) is 1.94. The molecule has 0 atom stereocenters. The first-order chi connectivity index (χ1) is 5.96. The lowest BCUT2D eigenvalue weighted by atomic mass is 9.74. The fourth-order valence-corrected chi connectivity index (χ4v) is 1.62. The number of hydrogen-bond acceptors (Lipinski definition) is 3. The molecule has 3 nitrogen and oxygen atoms in total. The lowest BCUT2D eigenvalue weighted by Crippen LogP contribution is -2.31. The van der Waals surface area contributed by atoms with Crippen LogP contribution in [-0.2, 0) is 9.59 Å². The molecule has 1 fully saturated rings. The first kappa shape index (κ1) is 10.1. The third kappa shape index (κ3) is 2.25. The summed E-state index contributed by atoms with van der Waals surface area (Å²) in [6.45, 7) is 4.12. The molecule has 0 spiro atoms. The minimum atomic E-state index is -0.180. The van der Waals surface area contributed by atoms with Crippen molar-refractivity contribution in [2.24, 2.45) is 11.1 Å². The molecule has 0 unspecified atom stereocenters. The Morgan fingerprint density at radius 3 is 2.15 bits per heavy atom. The zero-order valence-electron chi connectivity index (χ0n) is 8.09. The topological polar surface area (TPSA) is 60.2 Å². The maximum Gasteiger partial charge on any atom is 0.166 e. The van der Waals surface area contributed by atoms with Crippen molar-refractivity contribution in [1.29, 1.82) is 0 Å². The van der Waals surface area contributed by atoms with Gasteiger partial charge < -0.3 is 5.73 Å². The van der Waals surface area contributed by atoms with Gasteiger partial charge in [0, 0.05) is 19.4 Å². The highest BCUT2D eigenvalue weighted by atomic mass is 16.1. The Kier molecular flexibility index (Phi) is 2.66. The molecule has 72 valence electrons. The van der Waals surface area contributed by atoms with Gasteiger partial charge in [-0.1, -0.05) is 19.9 Å². The zero-order valence-corrected chi connectivity index (χ0v) is 8.09. The zero-order chi connectivity index (χ0) is 10.1. The number of carbonyl (C=O) groups excluding carboxylic acids is 2. The molecule has 0 bridgehead atoms. The maximum absolute atomic E-state index is 11.5. The largest absolute Gasteiger partial charge is 0.327 e. The molecule has 1 aliphatic rings. The second-order valence-corrected chi connectivity index (χ2v) is 4.22. The van der Waals surface area contributed by atoms with Crippen molar-refractivity contribution in [1.82, 2.24) is 0 Å². The van der Waals surface area contributed by atoms with Crippen LogP contribution in [0.15, 0.2) is 11.6 Å². The van der Waals surface area contributed by atoms with Gasteiger partial charge in [-0.2, -0.15) is 0 Å². The third-order valence-corrected chi connectivity index (χ3v) is 2.20. The van der Waals surface area contributed by atoms with Gasteiger partial charge in [0.15, 0.2) is 11.6 Å². The van der Waals surface area contributed by atoms with E-state index in [9.17, 15) is 9.59 Å². The number of hydrogen-bond donors (Lipinski definition) is 1. The second-order valence-electron chi connectivity index (χ2n) is 4.22. The Labute approximate surface area is 78.0 Å². The molecule has 0 heterocycles. The molecular weight excluding hydrogens is 166 g/mol. The molecule has 0 aromatic rings. The van der Waals surface area contributed by atoms with E-state index in [1.165, 1.54) is 6.08 Å². The Morgan fingerprint density at radius 2 is 1.77 bits per heavy atom. The molecule has 2 N–H and O–H groups in total. The molecule has 0 amide bonds.